The summed E-state index contributed by atoms with van der Waals surface area (Å²) in [7, 11) is -0.267. The summed E-state index contributed by atoms with van der Waals surface area (Å²) in [6, 6.07) is 5.12. The molecule has 0 radical (unpaired) electrons. The summed E-state index contributed by atoms with van der Waals surface area (Å²) in [6.45, 7) is 0. The molecule has 1 N–H and O–H groups in total. The fraction of sp³-hybridized carbons (Fsp3) is 0.222. The molecule has 2 rings (SSSR count). The Morgan fingerprint density at radius 1 is 1.33 bits per heavy atom. The lowest BCUT2D eigenvalue weighted by Gasteiger charge is -2.02. The zero-order valence-corrected chi connectivity index (χ0v) is 9.25. The summed E-state index contributed by atoms with van der Waals surface area (Å²) < 4.78 is 27.0. The highest BCUT2D eigenvalue weighted by atomic mass is 32.2. The second kappa shape index (κ2) is 3.32. The van der Waals surface area contributed by atoms with E-state index in [2.05, 4.69) is 9.71 Å². The molecule has 6 heteroatoms. The number of hydrogen-bond donors (Lipinski definition) is 1. The summed E-state index contributed by atoms with van der Waals surface area (Å²) in [5.41, 5.74) is 0.659. The predicted molar refractivity (Wildman–Crippen MR) is 57.0 cm³/mol. The van der Waals surface area contributed by atoms with Gasteiger partial charge in [0, 0.05) is 18.6 Å². The average Bonchev–Trinajstić information content (AvgIpc) is 2.60. The maximum atomic E-state index is 11.5. The van der Waals surface area contributed by atoms with Crippen LogP contribution in [0.2, 0.25) is 0 Å². The summed E-state index contributed by atoms with van der Waals surface area (Å²) in [5, 5.41) is 0.965. The number of aryl methyl sites for hydroxylation is 1. The standard InChI is InChI=1S/C9H11N3O2S/c1-10-15(13,14)8-4-3-7-5-6-12(2)9(7)11-8/h3-6,10H,1-2H3. The van der Waals surface area contributed by atoms with Gasteiger partial charge in [-0.1, -0.05) is 0 Å². The third-order valence-corrected chi connectivity index (χ3v) is 3.55. The Morgan fingerprint density at radius 2 is 2.07 bits per heavy atom. The smallest absolute Gasteiger partial charge is 0.257 e. The van der Waals surface area contributed by atoms with Crippen molar-refractivity contribution in [2.24, 2.45) is 7.05 Å². The van der Waals surface area contributed by atoms with Crippen LogP contribution >= 0.6 is 0 Å². The molecular formula is C9H11N3O2S. The van der Waals surface area contributed by atoms with E-state index in [1.807, 2.05) is 19.3 Å². The van der Waals surface area contributed by atoms with Crippen molar-refractivity contribution in [3.63, 3.8) is 0 Å². The van der Waals surface area contributed by atoms with Crippen molar-refractivity contribution in [1.29, 1.82) is 0 Å². The molecule has 0 aliphatic carbocycles. The Bertz CT molecular complexity index is 601. The van der Waals surface area contributed by atoms with Gasteiger partial charge in [0.1, 0.15) is 5.65 Å². The molecule has 0 spiro atoms. The molecular weight excluding hydrogens is 214 g/mol. The Hall–Kier alpha value is -1.40. The zero-order valence-electron chi connectivity index (χ0n) is 8.43. The number of nitrogens with zero attached hydrogens (tertiary/aromatic N) is 2. The number of rotatable bonds is 2. The van der Waals surface area contributed by atoms with Gasteiger partial charge in [-0.3, -0.25) is 0 Å². The Labute approximate surface area is 87.8 Å². The third kappa shape index (κ3) is 1.62. The monoisotopic (exact) mass is 225 g/mol. The van der Waals surface area contributed by atoms with Crippen LogP contribution in [0.15, 0.2) is 29.4 Å². The summed E-state index contributed by atoms with van der Waals surface area (Å²) >= 11 is 0. The van der Waals surface area contributed by atoms with E-state index in [1.54, 1.807) is 10.6 Å². The number of fused-ring (bicyclic) bond motifs is 1. The van der Waals surface area contributed by atoms with Gasteiger partial charge in [-0.25, -0.2) is 18.1 Å². The van der Waals surface area contributed by atoms with Gasteiger partial charge in [0.05, 0.1) is 0 Å². The SMILES string of the molecule is CNS(=O)(=O)c1ccc2ccn(C)c2n1. The van der Waals surface area contributed by atoms with E-state index in [0.29, 0.717) is 5.65 Å². The molecule has 80 valence electrons. The first-order valence-corrected chi connectivity index (χ1v) is 5.88. The van der Waals surface area contributed by atoms with Gasteiger partial charge in [-0.15, -0.1) is 0 Å². The molecule has 0 atom stereocenters. The van der Waals surface area contributed by atoms with Crippen LogP contribution < -0.4 is 4.72 Å². The minimum atomic E-state index is -3.46. The molecule has 0 fully saturated rings. The Morgan fingerprint density at radius 3 is 2.73 bits per heavy atom. The second-order valence-electron chi connectivity index (χ2n) is 3.20. The van der Waals surface area contributed by atoms with Crippen LogP contribution in [0.3, 0.4) is 0 Å². The maximum absolute atomic E-state index is 11.5. The molecule has 0 amide bonds. The van der Waals surface area contributed by atoms with Crippen molar-refractivity contribution in [2.45, 2.75) is 5.03 Å². The van der Waals surface area contributed by atoms with Gasteiger partial charge < -0.3 is 4.57 Å². The second-order valence-corrected chi connectivity index (χ2v) is 5.03. The number of sulfonamides is 1. The van der Waals surface area contributed by atoms with Crippen molar-refractivity contribution in [3.05, 3.63) is 24.4 Å². The number of nitrogens with one attached hydrogen (secondary N) is 1. The van der Waals surface area contributed by atoms with Gasteiger partial charge in [0.15, 0.2) is 5.03 Å². The largest absolute Gasteiger partial charge is 0.336 e. The first kappa shape index (κ1) is 10.1. The van der Waals surface area contributed by atoms with Gasteiger partial charge in [-0.05, 0) is 25.2 Å². The highest BCUT2D eigenvalue weighted by Gasteiger charge is 2.13. The van der Waals surface area contributed by atoms with Crippen LogP contribution in [0.4, 0.5) is 0 Å². The van der Waals surface area contributed by atoms with E-state index in [1.165, 1.54) is 13.1 Å². The number of pyridine rings is 1. The summed E-state index contributed by atoms with van der Waals surface area (Å²) in [5.74, 6) is 0. The van der Waals surface area contributed by atoms with E-state index in [9.17, 15) is 8.42 Å². The molecule has 2 heterocycles. The normalized spacial score (nSPS) is 12.1. The van der Waals surface area contributed by atoms with Crippen molar-refractivity contribution in [2.75, 3.05) is 7.05 Å². The van der Waals surface area contributed by atoms with E-state index in [-0.39, 0.29) is 5.03 Å². The van der Waals surface area contributed by atoms with Crippen LogP contribution in [0.25, 0.3) is 11.0 Å². The van der Waals surface area contributed by atoms with Crippen LogP contribution in [0, 0.1) is 0 Å². The molecule has 5 nitrogen and oxygen atoms in total. The fourth-order valence-electron chi connectivity index (χ4n) is 1.37. The topological polar surface area (TPSA) is 64.0 Å². The van der Waals surface area contributed by atoms with Crippen LogP contribution in [-0.2, 0) is 17.1 Å². The number of hydrogen-bond acceptors (Lipinski definition) is 3. The Kier molecular flexibility index (Phi) is 2.24. The first-order valence-electron chi connectivity index (χ1n) is 4.40. The number of aromatic nitrogens is 2. The van der Waals surface area contributed by atoms with Crippen molar-refractivity contribution >= 4 is 21.1 Å². The molecule has 0 saturated heterocycles. The molecule has 0 unspecified atom stereocenters. The van der Waals surface area contributed by atoms with Gasteiger partial charge in [0.25, 0.3) is 10.0 Å². The lowest BCUT2D eigenvalue weighted by atomic mass is 10.3. The Balaban J connectivity index is 2.70. The van der Waals surface area contributed by atoms with Gasteiger partial charge >= 0.3 is 0 Å². The summed E-state index contributed by atoms with van der Waals surface area (Å²) in [6.07, 6.45) is 1.84. The summed E-state index contributed by atoms with van der Waals surface area (Å²) in [4.78, 5) is 4.09. The predicted octanol–water partition coefficient (Wildman–Crippen LogP) is 0.481. The minimum Gasteiger partial charge on any atom is -0.336 e. The van der Waals surface area contributed by atoms with Gasteiger partial charge in [-0.2, -0.15) is 0 Å². The maximum Gasteiger partial charge on any atom is 0.257 e. The minimum absolute atomic E-state index is 0.0410. The molecule has 2 aromatic heterocycles. The fourth-order valence-corrected chi connectivity index (χ4v) is 2.03. The van der Waals surface area contributed by atoms with Crippen molar-refractivity contribution in [3.8, 4) is 0 Å². The quantitative estimate of drug-likeness (QED) is 0.808. The van der Waals surface area contributed by atoms with E-state index in [0.717, 1.165) is 5.39 Å². The van der Waals surface area contributed by atoms with E-state index < -0.39 is 10.0 Å². The lowest BCUT2D eigenvalue weighted by Crippen LogP contribution is -2.19. The molecule has 0 aromatic carbocycles. The molecule has 15 heavy (non-hydrogen) atoms. The molecule has 0 saturated carbocycles. The zero-order chi connectivity index (χ0) is 11.1. The van der Waals surface area contributed by atoms with Crippen LogP contribution in [0.1, 0.15) is 0 Å². The van der Waals surface area contributed by atoms with Gasteiger partial charge in [0.2, 0.25) is 0 Å². The third-order valence-electron chi connectivity index (χ3n) is 2.24. The molecule has 0 bridgehead atoms. The highest BCUT2D eigenvalue weighted by molar-refractivity contribution is 7.89. The highest BCUT2D eigenvalue weighted by Crippen LogP contribution is 2.15. The molecule has 0 aliphatic rings. The lowest BCUT2D eigenvalue weighted by molar-refractivity contribution is 0.584. The van der Waals surface area contributed by atoms with Crippen LogP contribution in [-0.4, -0.2) is 25.0 Å². The molecule has 0 aliphatic heterocycles. The van der Waals surface area contributed by atoms with Crippen molar-refractivity contribution < 1.29 is 8.42 Å². The van der Waals surface area contributed by atoms with Crippen molar-refractivity contribution in [1.82, 2.24) is 14.3 Å². The van der Waals surface area contributed by atoms with E-state index >= 15 is 0 Å². The van der Waals surface area contributed by atoms with E-state index in [4.69, 9.17) is 0 Å². The van der Waals surface area contributed by atoms with Crippen LogP contribution in [0.5, 0.6) is 0 Å². The molecule has 2 aromatic rings. The first-order chi connectivity index (χ1) is 7.04. The average molecular weight is 225 g/mol.